The smallest absolute Gasteiger partial charge is 0.269 e. The number of ether oxygens (including phenoxy) is 2. The Labute approximate surface area is 195 Å². The SMILES string of the molecule is COc1ccccc1Oc1nc2c(C)cccn2c(=O)c1/C=C(/C#N)S(=O)(=O)c1ccccc1. The van der Waals surface area contributed by atoms with E-state index in [0.29, 0.717) is 17.0 Å². The molecule has 9 heteroatoms. The average Bonchev–Trinajstić information content (AvgIpc) is 2.85. The Morgan fingerprint density at radius 3 is 2.38 bits per heavy atom. The molecule has 0 amide bonds. The maximum absolute atomic E-state index is 13.4. The number of aromatic nitrogens is 2. The summed E-state index contributed by atoms with van der Waals surface area (Å²) in [6.07, 6.45) is 2.51. The zero-order valence-electron chi connectivity index (χ0n) is 18.3. The lowest BCUT2D eigenvalue weighted by atomic mass is 10.2. The topological polar surface area (TPSA) is 111 Å². The number of para-hydroxylation sites is 2. The number of pyridine rings is 1. The van der Waals surface area contributed by atoms with Crippen molar-refractivity contribution in [3.05, 3.63) is 99.3 Å². The van der Waals surface area contributed by atoms with Gasteiger partial charge in [0.05, 0.1) is 12.0 Å². The minimum Gasteiger partial charge on any atom is -0.493 e. The van der Waals surface area contributed by atoms with E-state index in [0.717, 1.165) is 6.08 Å². The highest BCUT2D eigenvalue weighted by Gasteiger charge is 2.24. The highest BCUT2D eigenvalue weighted by atomic mass is 32.2. The number of hydrogen-bond donors (Lipinski definition) is 0. The van der Waals surface area contributed by atoms with Crippen LogP contribution in [-0.2, 0) is 9.84 Å². The Balaban J connectivity index is 1.99. The van der Waals surface area contributed by atoms with Gasteiger partial charge in [0, 0.05) is 6.20 Å². The number of fused-ring (bicyclic) bond motifs is 1. The molecule has 4 rings (SSSR count). The Kier molecular flexibility index (Phi) is 6.17. The van der Waals surface area contributed by atoms with Gasteiger partial charge in [-0.1, -0.05) is 36.4 Å². The van der Waals surface area contributed by atoms with Gasteiger partial charge >= 0.3 is 0 Å². The number of sulfone groups is 1. The molecule has 2 aromatic heterocycles. The van der Waals surface area contributed by atoms with Gasteiger partial charge in [0.2, 0.25) is 15.7 Å². The van der Waals surface area contributed by atoms with Crippen molar-refractivity contribution in [2.24, 2.45) is 0 Å². The molecule has 2 aromatic carbocycles. The second-order valence-electron chi connectivity index (χ2n) is 7.21. The number of nitriles is 1. The van der Waals surface area contributed by atoms with Gasteiger partial charge in [-0.2, -0.15) is 10.2 Å². The van der Waals surface area contributed by atoms with Crippen molar-refractivity contribution in [3.8, 4) is 23.4 Å². The van der Waals surface area contributed by atoms with Crippen molar-refractivity contribution in [1.29, 1.82) is 5.26 Å². The fraction of sp³-hybridized carbons (Fsp3) is 0.0800. The molecule has 0 saturated carbocycles. The van der Waals surface area contributed by atoms with Gasteiger partial charge < -0.3 is 9.47 Å². The summed E-state index contributed by atoms with van der Waals surface area (Å²) in [7, 11) is -2.72. The maximum atomic E-state index is 13.4. The molecule has 0 aliphatic carbocycles. The number of hydrogen-bond acceptors (Lipinski definition) is 7. The minimum absolute atomic E-state index is 0.0697. The van der Waals surface area contributed by atoms with Crippen molar-refractivity contribution >= 4 is 21.6 Å². The van der Waals surface area contributed by atoms with Gasteiger partial charge in [0.1, 0.15) is 22.2 Å². The number of rotatable bonds is 6. The van der Waals surface area contributed by atoms with Crippen LogP contribution in [0.25, 0.3) is 11.7 Å². The van der Waals surface area contributed by atoms with E-state index in [1.54, 1.807) is 67.6 Å². The van der Waals surface area contributed by atoms with E-state index in [1.165, 1.54) is 29.8 Å². The molecule has 0 unspecified atom stereocenters. The average molecular weight is 474 g/mol. The van der Waals surface area contributed by atoms with Crippen LogP contribution in [0.4, 0.5) is 0 Å². The van der Waals surface area contributed by atoms with E-state index < -0.39 is 20.3 Å². The van der Waals surface area contributed by atoms with Crippen LogP contribution in [0, 0.1) is 18.3 Å². The van der Waals surface area contributed by atoms with E-state index >= 15 is 0 Å². The summed E-state index contributed by atoms with van der Waals surface area (Å²) in [5.41, 5.74) is 0.260. The minimum atomic E-state index is -4.19. The van der Waals surface area contributed by atoms with Crippen molar-refractivity contribution in [3.63, 3.8) is 0 Å². The lowest BCUT2D eigenvalue weighted by Gasteiger charge is -2.13. The Morgan fingerprint density at radius 1 is 1.03 bits per heavy atom. The first-order valence-electron chi connectivity index (χ1n) is 10.1. The normalized spacial score (nSPS) is 11.7. The monoisotopic (exact) mass is 473 g/mol. The highest BCUT2D eigenvalue weighted by Crippen LogP contribution is 2.32. The number of allylic oxidation sites excluding steroid dienone is 1. The molecule has 2 heterocycles. The summed E-state index contributed by atoms with van der Waals surface area (Å²) in [5.74, 6) is 0.510. The first-order valence-corrected chi connectivity index (χ1v) is 11.6. The largest absolute Gasteiger partial charge is 0.493 e. The van der Waals surface area contributed by atoms with Crippen molar-refractivity contribution in [1.82, 2.24) is 9.38 Å². The lowest BCUT2D eigenvalue weighted by molar-refractivity contribution is 0.373. The summed E-state index contributed by atoms with van der Waals surface area (Å²) in [5, 5.41) is 9.71. The van der Waals surface area contributed by atoms with Gasteiger partial charge in [-0.3, -0.25) is 9.20 Å². The second kappa shape index (κ2) is 9.21. The molecule has 0 N–H and O–H groups in total. The molecular weight excluding hydrogens is 454 g/mol. The Bertz CT molecular complexity index is 1620. The van der Waals surface area contributed by atoms with E-state index in [2.05, 4.69) is 4.98 Å². The predicted molar refractivity (Wildman–Crippen MR) is 126 cm³/mol. The summed E-state index contributed by atoms with van der Waals surface area (Å²) < 4.78 is 38.7. The molecule has 170 valence electrons. The molecule has 0 atom stereocenters. The van der Waals surface area contributed by atoms with Crippen LogP contribution in [0.15, 0.2) is 87.5 Å². The van der Waals surface area contributed by atoms with E-state index in [-0.39, 0.29) is 22.1 Å². The molecule has 0 saturated heterocycles. The molecular formula is C25H19N3O5S. The van der Waals surface area contributed by atoms with Crippen LogP contribution in [-0.4, -0.2) is 24.9 Å². The zero-order chi connectivity index (χ0) is 24.3. The standard InChI is InChI=1S/C25H19N3O5S/c1-17-9-8-14-28-23(17)27-24(33-22-13-7-6-12-21(22)32-2)20(25(28)29)15-19(16-26)34(30,31)18-10-4-3-5-11-18/h3-15H,1-2H3/b19-15-. The third kappa shape index (κ3) is 4.14. The predicted octanol–water partition coefficient (Wildman–Crippen LogP) is 4.14. The molecule has 0 radical (unpaired) electrons. The van der Waals surface area contributed by atoms with Gasteiger partial charge in [-0.15, -0.1) is 0 Å². The van der Waals surface area contributed by atoms with Crippen LogP contribution in [0.1, 0.15) is 11.1 Å². The molecule has 4 aromatic rings. The maximum Gasteiger partial charge on any atom is 0.269 e. The van der Waals surface area contributed by atoms with Gasteiger partial charge in [0.25, 0.3) is 5.56 Å². The van der Waals surface area contributed by atoms with E-state index in [4.69, 9.17) is 9.47 Å². The summed E-state index contributed by atoms with van der Waals surface area (Å²) in [6.45, 7) is 1.78. The fourth-order valence-corrected chi connectivity index (χ4v) is 4.49. The van der Waals surface area contributed by atoms with Crippen molar-refractivity contribution in [2.45, 2.75) is 11.8 Å². The zero-order valence-corrected chi connectivity index (χ0v) is 19.1. The van der Waals surface area contributed by atoms with Crippen LogP contribution < -0.4 is 15.0 Å². The molecule has 0 aliphatic heterocycles. The van der Waals surface area contributed by atoms with Crippen LogP contribution >= 0.6 is 0 Å². The van der Waals surface area contributed by atoms with E-state index in [1.807, 2.05) is 0 Å². The fourth-order valence-electron chi connectivity index (χ4n) is 3.33. The summed E-state index contributed by atoms with van der Waals surface area (Å²) in [4.78, 5) is 17.2. The first kappa shape index (κ1) is 22.8. The van der Waals surface area contributed by atoms with Crippen molar-refractivity contribution < 1.29 is 17.9 Å². The number of benzene rings is 2. The Morgan fingerprint density at radius 2 is 1.71 bits per heavy atom. The molecule has 0 spiro atoms. The van der Waals surface area contributed by atoms with E-state index in [9.17, 15) is 18.5 Å². The van der Waals surface area contributed by atoms with Crippen LogP contribution in [0.3, 0.4) is 0 Å². The first-order chi connectivity index (χ1) is 16.4. The number of methoxy groups -OCH3 is 1. The van der Waals surface area contributed by atoms with Crippen molar-refractivity contribution in [2.75, 3.05) is 7.11 Å². The molecule has 0 aliphatic rings. The molecule has 34 heavy (non-hydrogen) atoms. The number of aryl methyl sites for hydroxylation is 1. The highest BCUT2D eigenvalue weighted by molar-refractivity contribution is 7.95. The third-order valence-electron chi connectivity index (χ3n) is 5.05. The summed E-state index contributed by atoms with van der Waals surface area (Å²) in [6, 6.07) is 19.4. The third-order valence-corrected chi connectivity index (χ3v) is 6.73. The van der Waals surface area contributed by atoms with Gasteiger partial charge in [-0.05, 0) is 48.9 Å². The summed E-state index contributed by atoms with van der Waals surface area (Å²) >= 11 is 0. The van der Waals surface area contributed by atoms with Gasteiger partial charge in [0.15, 0.2) is 11.5 Å². The molecule has 0 fully saturated rings. The lowest BCUT2D eigenvalue weighted by Crippen LogP contribution is -2.20. The second-order valence-corrected chi connectivity index (χ2v) is 9.13. The number of nitrogens with zero attached hydrogens (tertiary/aromatic N) is 3. The molecule has 0 bridgehead atoms. The Hall–Kier alpha value is -4.42. The molecule has 8 nitrogen and oxygen atoms in total. The van der Waals surface area contributed by atoms with Crippen LogP contribution in [0.5, 0.6) is 17.4 Å². The van der Waals surface area contributed by atoms with Gasteiger partial charge in [-0.25, -0.2) is 8.42 Å². The quantitative estimate of drug-likeness (QED) is 0.387. The van der Waals surface area contributed by atoms with Crippen LogP contribution in [0.2, 0.25) is 0 Å².